The largest absolute Gasteiger partial charge is 0.508 e. The fourth-order valence-corrected chi connectivity index (χ4v) is 5.63. The highest BCUT2D eigenvalue weighted by Gasteiger charge is 2.19. The second kappa shape index (κ2) is 28.7. The molecule has 0 aromatic heterocycles. The van der Waals surface area contributed by atoms with Crippen LogP contribution < -0.4 is 31.7 Å². The first-order valence-electron chi connectivity index (χ1n) is 20.2. The van der Waals surface area contributed by atoms with Crippen LogP contribution in [0.15, 0.2) is 121 Å². The van der Waals surface area contributed by atoms with Crippen molar-refractivity contribution >= 4 is 40.9 Å². The van der Waals surface area contributed by atoms with Crippen LogP contribution in [0.4, 0.5) is 0 Å². The van der Waals surface area contributed by atoms with Gasteiger partial charge < -0.3 is 42.0 Å². The summed E-state index contributed by atoms with van der Waals surface area (Å²) in [6, 6.07) is 37.5. The summed E-state index contributed by atoms with van der Waals surface area (Å²) in [6.07, 6.45) is 2.52. The fraction of sp³-hybridized carbons (Fsp3) is 0.312. The number of aryl methyl sites for hydroxylation is 2. The Bertz CT molecular complexity index is 2040. The number of amides is 4. The number of carbonyl (C=O) groups is 5. The molecule has 8 N–H and O–H groups in total. The predicted molar refractivity (Wildman–Crippen MR) is 240 cm³/mol. The maximum Gasteiger partial charge on any atom is 0.322 e. The number of benzene rings is 5. The number of rotatable bonds is 17. The monoisotopic (exact) mass is 835 g/mol. The molecule has 5 aromatic rings. The first kappa shape index (κ1) is 50.4. The standard InChI is InChI=1S/C23H29N3O6.C11H16N2O.C7H8O.C7H8/c1-15(16-6-7-18-12-19(32-2)9-8-17(18)11-16)22(30)24-10-4-3-5-20(26-14-27)23(31)25-13-21(28)29;1-2-13-11(14)10(12)8-9-6-4-3-5-7-9;1-6-2-4-7(8)5-3-6;1-7-5-3-2-4-6-7/h6-9,11-12,14-15,20H,3-5,10,13H2,1-2H3,(H,24,30)(H,25,31)(H,26,27)(H,28,29);3-7,10H,2,8,12H2,1H3,(H,13,14);2-5,8H,1H3;2-6H,1H3. The molecule has 0 fully saturated rings. The molecule has 0 saturated carbocycles. The lowest BCUT2D eigenvalue weighted by Gasteiger charge is -2.16. The molecule has 4 amide bonds. The van der Waals surface area contributed by atoms with E-state index in [1.807, 2.05) is 118 Å². The smallest absolute Gasteiger partial charge is 0.322 e. The van der Waals surface area contributed by atoms with Crippen LogP contribution in [0.2, 0.25) is 0 Å². The number of phenols is 1. The third-order valence-electron chi connectivity index (χ3n) is 9.14. The highest BCUT2D eigenvalue weighted by atomic mass is 16.5. The first-order valence-corrected chi connectivity index (χ1v) is 20.2. The van der Waals surface area contributed by atoms with Crippen molar-refractivity contribution in [1.29, 1.82) is 0 Å². The van der Waals surface area contributed by atoms with E-state index in [2.05, 4.69) is 40.3 Å². The molecule has 0 aliphatic heterocycles. The number of carboxylic acids is 1. The van der Waals surface area contributed by atoms with Gasteiger partial charge in [-0.1, -0.05) is 108 Å². The molecule has 13 nitrogen and oxygen atoms in total. The lowest BCUT2D eigenvalue weighted by Crippen LogP contribution is -2.45. The summed E-state index contributed by atoms with van der Waals surface area (Å²) in [5.41, 5.74) is 10.2. The van der Waals surface area contributed by atoms with Crippen LogP contribution in [0, 0.1) is 13.8 Å². The molecule has 3 atom stereocenters. The van der Waals surface area contributed by atoms with E-state index in [0.29, 0.717) is 50.9 Å². The zero-order chi connectivity index (χ0) is 45.0. The van der Waals surface area contributed by atoms with E-state index in [4.69, 9.17) is 20.7 Å². The van der Waals surface area contributed by atoms with Gasteiger partial charge in [0.25, 0.3) is 0 Å². The van der Waals surface area contributed by atoms with Gasteiger partial charge in [0.1, 0.15) is 24.1 Å². The Morgan fingerprint density at radius 3 is 1.90 bits per heavy atom. The van der Waals surface area contributed by atoms with Crippen LogP contribution in [0.5, 0.6) is 11.5 Å². The van der Waals surface area contributed by atoms with Crippen LogP contribution in [0.25, 0.3) is 10.8 Å². The van der Waals surface area contributed by atoms with Crippen LogP contribution in [0.1, 0.15) is 61.3 Å². The van der Waals surface area contributed by atoms with Crippen molar-refractivity contribution in [3.05, 3.63) is 144 Å². The van der Waals surface area contributed by atoms with Crippen LogP contribution >= 0.6 is 0 Å². The number of hydrogen-bond donors (Lipinski definition) is 7. The first-order chi connectivity index (χ1) is 29.3. The molecule has 5 rings (SSSR count). The van der Waals surface area contributed by atoms with Crippen LogP contribution in [-0.4, -0.2) is 79.1 Å². The molecule has 3 unspecified atom stereocenters. The van der Waals surface area contributed by atoms with E-state index in [1.165, 1.54) is 11.1 Å². The van der Waals surface area contributed by atoms with Gasteiger partial charge in [0.05, 0.1) is 19.1 Å². The molecule has 0 aliphatic rings. The Morgan fingerprint density at radius 1 is 0.738 bits per heavy atom. The second-order valence-electron chi connectivity index (χ2n) is 14.1. The van der Waals surface area contributed by atoms with Gasteiger partial charge in [0.2, 0.25) is 24.1 Å². The van der Waals surface area contributed by atoms with E-state index >= 15 is 0 Å². The third-order valence-corrected chi connectivity index (χ3v) is 9.14. The fourth-order valence-electron chi connectivity index (χ4n) is 5.63. The van der Waals surface area contributed by atoms with Gasteiger partial charge in [-0.15, -0.1) is 0 Å². The highest BCUT2D eigenvalue weighted by molar-refractivity contribution is 5.88. The lowest BCUT2D eigenvalue weighted by atomic mass is 9.97. The van der Waals surface area contributed by atoms with Gasteiger partial charge >= 0.3 is 5.97 Å². The maximum atomic E-state index is 12.5. The van der Waals surface area contributed by atoms with Gasteiger partial charge in [-0.2, -0.15) is 0 Å². The Morgan fingerprint density at radius 2 is 1.34 bits per heavy atom. The zero-order valence-electron chi connectivity index (χ0n) is 35.7. The van der Waals surface area contributed by atoms with Crippen molar-refractivity contribution < 1.29 is 38.9 Å². The summed E-state index contributed by atoms with van der Waals surface area (Å²) >= 11 is 0. The Balaban J connectivity index is 0.000000355. The second-order valence-corrected chi connectivity index (χ2v) is 14.1. The number of ether oxygens (including phenoxy) is 1. The number of aliphatic carboxylic acids is 1. The normalized spacial score (nSPS) is 11.5. The lowest BCUT2D eigenvalue weighted by molar-refractivity contribution is -0.138. The number of carboxylic acid groups (broad SMARTS) is 1. The van der Waals surface area contributed by atoms with Gasteiger partial charge in [0.15, 0.2) is 0 Å². The molecule has 5 aromatic carbocycles. The van der Waals surface area contributed by atoms with Crippen molar-refractivity contribution in [2.24, 2.45) is 5.73 Å². The summed E-state index contributed by atoms with van der Waals surface area (Å²) in [6.45, 7) is 8.34. The molecule has 0 spiro atoms. The molecular weight excluding hydrogens is 775 g/mol. The molecule has 0 bridgehead atoms. The number of methoxy groups -OCH3 is 1. The predicted octanol–water partition coefficient (Wildman–Crippen LogP) is 5.94. The van der Waals surface area contributed by atoms with E-state index in [9.17, 15) is 24.0 Å². The molecule has 0 aliphatic carbocycles. The number of unbranched alkanes of at least 4 members (excludes halogenated alkanes) is 1. The minimum absolute atomic E-state index is 0.0867. The summed E-state index contributed by atoms with van der Waals surface area (Å²) in [5, 5.41) is 29.7. The molecule has 13 heteroatoms. The Hall–Kier alpha value is -6.73. The number of likely N-dealkylation sites (N-methyl/N-ethyl adjacent to an activating group) is 1. The van der Waals surface area contributed by atoms with Crippen LogP contribution in [-0.2, 0) is 30.4 Å². The molecule has 0 heterocycles. The number of hydrogen-bond acceptors (Lipinski definition) is 8. The zero-order valence-corrected chi connectivity index (χ0v) is 35.7. The Kier molecular flexibility index (Phi) is 23.7. The van der Waals surface area contributed by atoms with E-state index in [-0.39, 0.29) is 17.7 Å². The SMILES string of the molecule is CCNC(=O)C(N)Cc1ccccc1.COc1ccc2cc(C(C)C(=O)NCCCCC(NC=O)C(=O)NCC(=O)O)ccc2c1.Cc1ccc(O)cc1.Cc1ccccc1. The molecule has 326 valence electrons. The molecule has 0 saturated heterocycles. The number of aromatic hydroxyl groups is 1. The number of carbonyl (C=O) groups excluding carboxylic acids is 4. The molecule has 0 radical (unpaired) electrons. The van der Waals surface area contributed by atoms with Crippen molar-refractivity contribution in [3.8, 4) is 11.5 Å². The number of fused-ring (bicyclic) bond motifs is 1. The molecular formula is C48H61N5O8. The number of phenolic OH excluding ortho intramolecular Hbond substituents is 1. The van der Waals surface area contributed by atoms with Crippen molar-refractivity contribution in [2.45, 2.75) is 71.4 Å². The molecule has 61 heavy (non-hydrogen) atoms. The van der Waals surface area contributed by atoms with Crippen molar-refractivity contribution in [3.63, 3.8) is 0 Å². The quantitative estimate of drug-likeness (QED) is 0.0436. The Labute approximate surface area is 359 Å². The van der Waals surface area contributed by atoms with Crippen molar-refractivity contribution in [1.82, 2.24) is 21.3 Å². The maximum absolute atomic E-state index is 12.5. The van der Waals surface area contributed by atoms with Gasteiger partial charge in [0, 0.05) is 13.1 Å². The minimum Gasteiger partial charge on any atom is -0.508 e. The van der Waals surface area contributed by atoms with E-state index in [1.54, 1.807) is 19.2 Å². The summed E-state index contributed by atoms with van der Waals surface area (Å²) in [5.74, 6) is -1.11. The summed E-state index contributed by atoms with van der Waals surface area (Å²) in [4.78, 5) is 57.0. The van der Waals surface area contributed by atoms with Gasteiger partial charge in [-0.05, 0) is 99.5 Å². The van der Waals surface area contributed by atoms with Crippen LogP contribution in [0.3, 0.4) is 0 Å². The summed E-state index contributed by atoms with van der Waals surface area (Å²) in [7, 11) is 1.62. The average Bonchev–Trinajstić information content (AvgIpc) is 3.26. The van der Waals surface area contributed by atoms with Gasteiger partial charge in [-0.3, -0.25) is 24.0 Å². The minimum atomic E-state index is -1.16. The number of nitrogens with one attached hydrogen (secondary N) is 4. The summed E-state index contributed by atoms with van der Waals surface area (Å²) < 4.78 is 5.23. The van der Waals surface area contributed by atoms with E-state index < -0.39 is 30.5 Å². The average molecular weight is 836 g/mol. The topological polar surface area (TPSA) is 209 Å². The highest BCUT2D eigenvalue weighted by Crippen LogP contribution is 2.25. The van der Waals surface area contributed by atoms with Gasteiger partial charge in [-0.25, -0.2) is 0 Å². The van der Waals surface area contributed by atoms with E-state index in [0.717, 1.165) is 27.6 Å². The third kappa shape index (κ3) is 20.7. The van der Waals surface area contributed by atoms with Crippen molar-refractivity contribution in [2.75, 3.05) is 26.7 Å². The number of nitrogens with two attached hydrogens (primary N) is 1.